The van der Waals surface area contributed by atoms with E-state index in [2.05, 4.69) is 5.16 Å². The summed E-state index contributed by atoms with van der Waals surface area (Å²) >= 11 is 0. The van der Waals surface area contributed by atoms with Gasteiger partial charge in [0, 0.05) is 13.1 Å². The number of carbonyl (C=O) groups is 2. The van der Waals surface area contributed by atoms with E-state index < -0.39 is 23.2 Å². The molecule has 2 rings (SSSR count). The van der Waals surface area contributed by atoms with Crippen LogP contribution in [0.4, 0.5) is 0 Å². The molecule has 0 bridgehead atoms. The average Bonchev–Trinajstić information content (AvgIpc) is 2.63. The first-order valence-electron chi connectivity index (χ1n) is 6.15. The molecule has 0 aromatic carbocycles. The van der Waals surface area contributed by atoms with Gasteiger partial charge in [0.2, 0.25) is 5.91 Å². The predicted molar refractivity (Wildman–Crippen MR) is 66.1 cm³/mol. The van der Waals surface area contributed by atoms with Crippen LogP contribution >= 0.6 is 0 Å². The first-order chi connectivity index (χ1) is 8.75. The SMILES string of the molecule is Cc1cc(CN(C)C(=O)C2C(C(=O)O)C2(C)C)no1. The normalized spacial score (nSPS) is 24.0. The van der Waals surface area contributed by atoms with Crippen LogP contribution in [0.15, 0.2) is 10.6 Å². The summed E-state index contributed by atoms with van der Waals surface area (Å²) in [5.41, 5.74) is 0.190. The van der Waals surface area contributed by atoms with E-state index in [-0.39, 0.29) is 5.91 Å². The molecule has 1 aliphatic rings. The number of carboxylic acid groups (broad SMARTS) is 1. The van der Waals surface area contributed by atoms with E-state index >= 15 is 0 Å². The van der Waals surface area contributed by atoms with E-state index in [1.54, 1.807) is 20.0 Å². The van der Waals surface area contributed by atoms with Crippen molar-refractivity contribution in [3.63, 3.8) is 0 Å². The van der Waals surface area contributed by atoms with Gasteiger partial charge >= 0.3 is 5.97 Å². The van der Waals surface area contributed by atoms with Crippen LogP contribution in [-0.2, 0) is 16.1 Å². The lowest BCUT2D eigenvalue weighted by atomic mass is 10.1. The van der Waals surface area contributed by atoms with E-state index in [0.717, 1.165) is 0 Å². The lowest BCUT2D eigenvalue weighted by Gasteiger charge is -2.16. The molecular formula is C13H18N2O4. The minimum Gasteiger partial charge on any atom is -0.481 e. The summed E-state index contributed by atoms with van der Waals surface area (Å²) < 4.78 is 4.94. The summed E-state index contributed by atoms with van der Waals surface area (Å²) in [5.74, 6) is -1.43. The van der Waals surface area contributed by atoms with Gasteiger partial charge in [-0.25, -0.2) is 0 Å². The second kappa shape index (κ2) is 4.36. The molecular weight excluding hydrogens is 248 g/mol. The summed E-state index contributed by atoms with van der Waals surface area (Å²) in [7, 11) is 1.65. The molecule has 1 saturated carbocycles. The number of aromatic nitrogens is 1. The van der Waals surface area contributed by atoms with Crippen molar-refractivity contribution in [2.24, 2.45) is 17.3 Å². The zero-order valence-electron chi connectivity index (χ0n) is 11.5. The van der Waals surface area contributed by atoms with Gasteiger partial charge in [-0.1, -0.05) is 19.0 Å². The van der Waals surface area contributed by atoms with Gasteiger partial charge in [0.25, 0.3) is 0 Å². The fourth-order valence-electron chi connectivity index (χ4n) is 2.61. The van der Waals surface area contributed by atoms with Gasteiger partial charge in [0.05, 0.1) is 18.4 Å². The quantitative estimate of drug-likeness (QED) is 0.888. The Morgan fingerprint density at radius 2 is 2.11 bits per heavy atom. The highest BCUT2D eigenvalue weighted by molar-refractivity contribution is 5.91. The number of carboxylic acids is 1. The third kappa shape index (κ3) is 2.34. The van der Waals surface area contributed by atoms with Gasteiger partial charge in [-0.2, -0.15) is 0 Å². The van der Waals surface area contributed by atoms with Crippen LogP contribution in [0.3, 0.4) is 0 Å². The Hall–Kier alpha value is -1.85. The van der Waals surface area contributed by atoms with Crippen LogP contribution < -0.4 is 0 Å². The molecule has 1 aromatic heterocycles. The monoisotopic (exact) mass is 266 g/mol. The van der Waals surface area contributed by atoms with Crippen LogP contribution in [0, 0.1) is 24.2 Å². The van der Waals surface area contributed by atoms with E-state index in [4.69, 9.17) is 9.63 Å². The molecule has 1 heterocycles. The summed E-state index contributed by atoms with van der Waals surface area (Å²) in [5, 5.41) is 12.9. The van der Waals surface area contributed by atoms with Crippen molar-refractivity contribution in [2.45, 2.75) is 27.3 Å². The van der Waals surface area contributed by atoms with E-state index in [1.165, 1.54) is 4.90 Å². The fourth-order valence-corrected chi connectivity index (χ4v) is 2.61. The highest BCUT2D eigenvalue weighted by Gasteiger charge is 2.66. The van der Waals surface area contributed by atoms with Gasteiger partial charge in [-0.15, -0.1) is 0 Å². The molecule has 1 amide bonds. The molecule has 1 aliphatic carbocycles. The molecule has 0 spiro atoms. The minimum absolute atomic E-state index is 0.155. The highest BCUT2D eigenvalue weighted by Crippen LogP contribution is 2.58. The van der Waals surface area contributed by atoms with Crippen LogP contribution in [0.1, 0.15) is 25.3 Å². The van der Waals surface area contributed by atoms with E-state index in [9.17, 15) is 9.59 Å². The number of aliphatic carboxylic acids is 1. The topological polar surface area (TPSA) is 83.6 Å². The number of hydrogen-bond acceptors (Lipinski definition) is 4. The van der Waals surface area contributed by atoms with Crippen molar-refractivity contribution in [1.29, 1.82) is 0 Å². The smallest absolute Gasteiger partial charge is 0.307 e. The van der Waals surface area contributed by atoms with Crippen LogP contribution in [-0.4, -0.2) is 34.1 Å². The lowest BCUT2D eigenvalue weighted by molar-refractivity contribution is -0.141. The summed E-state index contributed by atoms with van der Waals surface area (Å²) in [6.07, 6.45) is 0. The Labute approximate surface area is 111 Å². The zero-order chi connectivity index (χ0) is 14.4. The number of rotatable bonds is 4. The first-order valence-corrected chi connectivity index (χ1v) is 6.15. The largest absolute Gasteiger partial charge is 0.481 e. The molecule has 1 fully saturated rings. The number of carbonyl (C=O) groups excluding carboxylic acids is 1. The molecule has 6 heteroatoms. The third-order valence-corrected chi connectivity index (χ3v) is 3.81. The number of aryl methyl sites for hydroxylation is 1. The maximum Gasteiger partial charge on any atom is 0.307 e. The Balaban J connectivity index is 2.03. The highest BCUT2D eigenvalue weighted by atomic mass is 16.5. The van der Waals surface area contributed by atoms with Crippen molar-refractivity contribution < 1.29 is 19.2 Å². The fraction of sp³-hybridized carbons (Fsp3) is 0.615. The van der Waals surface area contributed by atoms with Gasteiger partial charge in [0.1, 0.15) is 11.5 Å². The van der Waals surface area contributed by atoms with Gasteiger partial charge in [-0.3, -0.25) is 9.59 Å². The summed E-state index contributed by atoms with van der Waals surface area (Å²) in [4.78, 5) is 24.8. The van der Waals surface area contributed by atoms with Gasteiger partial charge < -0.3 is 14.5 Å². The van der Waals surface area contributed by atoms with Gasteiger partial charge in [0.15, 0.2) is 0 Å². The second-order valence-electron chi connectivity index (χ2n) is 5.74. The van der Waals surface area contributed by atoms with Crippen molar-refractivity contribution in [3.8, 4) is 0 Å². The van der Waals surface area contributed by atoms with Gasteiger partial charge in [-0.05, 0) is 12.3 Å². The molecule has 1 N–H and O–H groups in total. The van der Waals surface area contributed by atoms with Crippen LogP contribution in [0.5, 0.6) is 0 Å². The van der Waals surface area contributed by atoms with E-state index in [1.807, 2.05) is 13.8 Å². The van der Waals surface area contributed by atoms with Crippen molar-refractivity contribution in [2.75, 3.05) is 7.05 Å². The van der Waals surface area contributed by atoms with Crippen LogP contribution in [0.2, 0.25) is 0 Å². The molecule has 19 heavy (non-hydrogen) atoms. The predicted octanol–water partition coefficient (Wildman–Crippen LogP) is 1.30. The maximum atomic E-state index is 12.3. The van der Waals surface area contributed by atoms with Crippen molar-refractivity contribution in [1.82, 2.24) is 10.1 Å². The maximum absolute atomic E-state index is 12.3. The molecule has 0 saturated heterocycles. The van der Waals surface area contributed by atoms with E-state index in [0.29, 0.717) is 18.0 Å². The van der Waals surface area contributed by atoms with Crippen LogP contribution in [0.25, 0.3) is 0 Å². The molecule has 0 aliphatic heterocycles. The molecule has 2 unspecified atom stereocenters. The average molecular weight is 266 g/mol. The second-order valence-corrected chi connectivity index (χ2v) is 5.74. The Kier molecular flexibility index (Phi) is 3.12. The Bertz CT molecular complexity index is 520. The standard InChI is InChI=1S/C13H18N2O4/c1-7-5-8(14-19-7)6-15(4)11(16)9-10(12(17)18)13(9,2)3/h5,9-10H,6H2,1-4H3,(H,17,18). The number of amides is 1. The minimum atomic E-state index is -0.908. The molecule has 6 nitrogen and oxygen atoms in total. The molecule has 104 valence electrons. The lowest BCUT2D eigenvalue weighted by Crippen LogP contribution is -2.29. The molecule has 0 radical (unpaired) electrons. The number of nitrogens with zero attached hydrogens (tertiary/aromatic N) is 2. The Morgan fingerprint density at radius 1 is 1.47 bits per heavy atom. The molecule has 2 atom stereocenters. The zero-order valence-corrected chi connectivity index (χ0v) is 11.5. The van der Waals surface area contributed by atoms with Crippen molar-refractivity contribution >= 4 is 11.9 Å². The summed E-state index contributed by atoms with van der Waals surface area (Å²) in [6.45, 7) is 5.72. The van der Waals surface area contributed by atoms with Crippen molar-refractivity contribution in [3.05, 3.63) is 17.5 Å². The Morgan fingerprint density at radius 3 is 2.53 bits per heavy atom. The molecule has 1 aromatic rings. The number of hydrogen-bond donors (Lipinski definition) is 1. The third-order valence-electron chi connectivity index (χ3n) is 3.81. The summed E-state index contributed by atoms with van der Waals surface area (Å²) in [6, 6.07) is 1.76. The first kappa shape index (κ1) is 13.6.